The van der Waals surface area contributed by atoms with E-state index in [9.17, 15) is 9.59 Å². The second kappa shape index (κ2) is 8.93. The summed E-state index contributed by atoms with van der Waals surface area (Å²) in [5, 5.41) is 4.89. The molecule has 3 aromatic carbocycles. The first-order valence-corrected chi connectivity index (χ1v) is 10.2. The molecule has 0 aliphatic carbocycles. The van der Waals surface area contributed by atoms with Crippen LogP contribution in [0.5, 0.6) is 5.75 Å². The molecule has 5 nitrogen and oxygen atoms in total. The lowest BCUT2D eigenvalue weighted by Gasteiger charge is -2.27. The fraction of sp³-hybridized carbons (Fsp3) is 0.0800. The standard InChI is InChI=1S/C25H20N2O3S/c1-2-14-27-24(29)21(23(28)26-25(27)31)15-18-9-4-6-13-22(18)30-16-19-11-7-10-17-8-3-5-12-20(17)19/h2-13,15H,1,14,16H2,(H,26,28,31)/b21-15+. The molecule has 0 unspecified atom stereocenters. The van der Waals surface area contributed by atoms with Gasteiger partial charge in [0.1, 0.15) is 17.9 Å². The van der Waals surface area contributed by atoms with Crippen LogP contribution < -0.4 is 10.1 Å². The van der Waals surface area contributed by atoms with Gasteiger partial charge in [0.05, 0.1) is 0 Å². The van der Waals surface area contributed by atoms with Crippen molar-refractivity contribution >= 4 is 46.0 Å². The molecular formula is C25H20N2O3S. The molecule has 4 rings (SSSR count). The molecule has 0 aromatic heterocycles. The Kier molecular flexibility index (Phi) is 5.91. The Morgan fingerprint density at radius 1 is 1.00 bits per heavy atom. The summed E-state index contributed by atoms with van der Waals surface area (Å²) in [4.78, 5) is 26.5. The van der Waals surface area contributed by atoms with Crippen LogP contribution >= 0.6 is 12.2 Å². The summed E-state index contributed by atoms with van der Waals surface area (Å²) in [6.45, 7) is 4.21. The SMILES string of the molecule is C=CCN1C(=O)/C(=C/c2ccccc2OCc2cccc3ccccc23)C(=O)NC1=S. The van der Waals surface area contributed by atoms with E-state index in [0.717, 1.165) is 16.3 Å². The molecule has 1 N–H and O–H groups in total. The van der Waals surface area contributed by atoms with Crippen molar-refractivity contribution in [3.05, 3.63) is 96.1 Å². The van der Waals surface area contributed by atoms with Gasteiger partial charge < -0.3 is 4.74 Å². The van der Waals surface area contributed by atoms with Crippen molar-refractivity contribution in [1.82, 2.24) is 10.2 Å². The van der Waals surface area contributed by atoms with E-state index in [1.54, 1.807) is 12.1 Å². The van der Waals surface area contributed by atoms with E-state index in [1.807, 2.05) is 42.5 Å². The number of rotatable bonds is 6. The molecule has 1 aliphatic rings. The number of carbonyl (C=O) groups excluding carboxylic acids is 2. The smallest absolute Gasteiger partial charge is 0.265 e. The van der Waals surface area contributed by atoms with Gasteiger partial charge in [-0.3, -0.25) is 19.8 Å². The van der Waals surface area contributed by atoms with E-state index in [1.165, 1.54) is 11.0 Å². The molecule has 6 heteroatoms. The highest BCUT2D eigenvalue weighted by Crippen LogP contribution is 2.25. The van der Waals surface area contributed by atoms with E-state index in [4.69, 9.17) is 17.0 Å². The lowest BCUT2D eigenvalue weighted by Crippen LogP contribution is -2.53. The number of ether oxygens (including phenoxy) is 1. The Balaban J connectivity index is 1.63. The van der Waals surface area contributed by atoms with Crippen molar-refractivity contribution in [3.63, 3.8) is 0 Å². The number of thiocarbonyl (C=S) groups is 1. The number of hydrogen-bond acceptors (Lipinski definition) is 4. The Morgan fingerprint density at radius 2 is 1.74 bits per heavy atom. The minimum Gasteiger partial charge on any atom is -0.488 e. The van der Waals surface area contributed by atoms with Gasteiger partial charge in [0.25, 0.3) is 11.8 Å². The van der Waals surface area contributed by atoms with Crippen molar-refractivity contribution in [2.45, 2.75) is 6.61 Å². The number of benzene rings is 3. The molecule has 1 fully saturated rings. The summed E-state index contributed by atoms with van der Waals surface area (Å²) in [5.41, 5.74) is 1.68. The molecule has 0 atom stereocenters. The lowest BCUT2D eigenvalue weighted by atomic mass is 10.0. The Bertz CT molecular complexity index is 1230. The van der Waals surface area contributed by atoms with Crippen molar-refractivity contribution in [2.75, 3.05) is 6.54 Å². The second-order valence-corrected chi connectivity index (χ2v) is 7.37. The molecule has 2 amide bonds. The van der Waals surface area contributed by atoms with Crippen LogP contribution in [0, 0.1) is 0 Å². The fourth-order valence-electron chi connectivity index (χ4n) is 3.45. The van der Waals surface area contributed by atoms with Crippen molar-refractivity contribution in [2.24, 2.45) is 0 Å². The van der Waals surface area contributed by atoms with Crippen LogP contribution in [0.25, 0.3) is 16.8 Å². The molecular weight excluding hydrogens is 408 g/mol. The van der Waals surface area contributed by atoms with E-state index >= 15 is 0 Å². The maximum atomic E-state index is 12.8. The number of nitrogens with zero attached hydrogens (tertiary/aromatic N) is 1. The number of hydrogen-bond donors (Lipinski definition) is 1. The first-order valence-electron chi connectivity index (χ1n) is 9.76. The normalized spacial score (nSPS) is 15.3. The highest BCUT2D eigenvalue weighted by Gasteiger charge is 2.32. The molecule has 1 saturated heterocycles. The number of para-hydroxylation sites is 1. The highest BCUT2D eigenvalue weighted by atomic mass is 32.1. The zero-order chi connectivity index (χ0) is 21.8. The first kappa shape index (κ1) is 20.5. The van der Waals surface area contributed by atoms with Crippen LogP contribution in [-0.2, 0) is 16.2 Å². The van der Waals surface area contributed by atoms with Crippen molar-refractivity contribution < 1.29 is 14.3 Å². The number of amides is 2. The van der Waals surface area contributed by atoms with Crippen LogP contribution in [0.3, 0.4) is 0 Å². The number of fused-ring (bicyclic) bond motifs is 1. The third-order valence-electron chi connectivity index (χ3n) is 4.98. The second-order valence-electron chi connectivity index (χ2n) is 6.99. The van der Waals surface area contributed by atoms with Crippen molar-refractivity contribution in [1.29, 1.82) is 0 Å². The van der Waals surface area contributed by atoms with Gasteiger partial charge in [0.15, 0.2) is 5.11 Å². The van der Waals surface area contributed by atoms with E-state index < -0.39 is 11.8 Å². The molecule has 3 aromatic rings. The van der Waals surface area contributed by atoms with Crippen LogP contribution in [0.2, 0.25) is 0 Å². The molecule has 0 spiro atoms. The molecule has 1 aliphatic heterocycles. The summed E-state index contributed by atoms with van der Waals surface area (Å²) in [7, 11) is 0. The first-order chi connectivity index (χ1) is 15.1. The average molecular weight is 429 g/mol. The van der Waals surface area contributed by atoms with Gasteiger partial charge in [0, 0.05) is 12.1 Å². The predicted molar refractivity (Wildman–Crippen MR) is 125 cm³/mol. The number of nitrogens with one attached hydrogen (secondary N) is 1. The van der Waals surface area contributed by atoms with Gasteiger partial charge in [-0.05, 0) is 40.7 Å². The minimum absolute atomic E-state index is 0.00309. The van der Waals surface area contributed by atoms with Crippen molar-refractivity contribution in [3.8, 4) is 5.75 Å². The third-order valence-corrected chi connectivity index (χ3v) is 5.30. The Labute approximate surface area is 185 Å². The largest absolute Gasteiger partial charge is 0.488 e. The predicted octanol–water partition coefficient (Wildman–Crippen LogP) is 4.23. The maximum Gasteiger partial charge on any atom is 0.265 e. The quantitative estimate of drug-likeness (QED) is 0.276. The van der Waals surface area contributed by atoms with E-state index in [0.29, 0.717) is 17.9 Å². The monoisotopic (exact) mass is 428 g/mol. The zero-order valence-electron chi connectivity index (χ0n) is 16.7. The van der Waals surface area contributed by atoms with Crippen LogP contribution in [0.1, 0.15) is 11.1 Å². The summed E-state index contributed by atoms with van der Waals surface area (Å²) in [6, 6.07) is 21.5. The topological polar surface area (TPSA) is 58.6 Å². The Hall–Kier alpha value is -3.77. The molecule has 31 heavy (non-hydrogen) atoms. The maximum absolute atomic E-state index is 12.8. The summed E-state index contributed by atoms with van der Waals surface area (Å²) < 4.78 is 6.10. The van der Waals surface area contributed by atoms with Gasteiger partial charge in [-0.25, -0.2) is 0 Å². The minimum atomic E-state index is -0.529. The van der Waals surface area contributed by atoms with E-state index in [2.05, 4.69) is 30.1 Å². The van der Waals surface area contributed by atoms with Gasteiger partial charge in [0.2, 0.25) is 0 Å². The molecule has 154 valence electrons. The fourth-order valence-corrected chi connectivity index (χ4v) is 3.70. The summed E-state index contributed by atoms with van der Waals surface area (Å²) in [6.07, 6.45) is 3.09. The van der Waals surface area contributed by atoms with Gasteiger partial charge in [-0.15, -0.1) is 6.58 Å². The van der Waals surface area contributed by atoms with Crippen LogP contribution in [-0.4, -0.2) is 28.4 Å². The molecule has 0 saturated carbocycles. The van der Waals surface area contributed by atoms with Gasteiger partial charge >= 0.3 is 0 Å². The third kappa shape index (κ3) is 4.25. The molecule has 1 heterocycles. The summed E-state index contributed by atoms with van der Waals surface area (Å²) >= 11 is 5.10. The summed E-state index contributed by atoms with van der Waals surface area (Å²) in [5.74, 6) is -0.413. The Morgan fingerprint density at radius 3 is 2.58 bits per heavy atom. The molecule has 0 bridgehead atoms. The van der Waals surface area contributed by atoms with Gasteiger partial charge in [-0.1, -0.05) is 66.7 Å². The average Bonchev–Trinajstić information content (AvgIpc) is 2.78. The van der Waals surface area contributed by atoms with Crippen LogP contribution in [0.15, 0.2) is 85.0 Å². The molecule has 0 radical (unpaired) electrons. The number of carbonyl (C=O) groups is 2. The van der Waals surface area contributed by atoms with Gasteiger partial charge in [-0.2, -0.15) is 0 Å². The van der Waals surface area contributed by atoms with E-state index in [-0.39, 0.29) is 17.2 Å². The zero-order valence-corrected chi connectivity index (χ0v) is 17.5. The highest BCUT2D eigenvalue weighted by molar-refractivity contribution is 7.80. The lowest BCUT2D eigenvalue weighted by molar-refractivity contribution is -0.128. The van der Waals surface area contributed by atoms with Crippen LogP contribution in [0.4, 0.5) is 0 Å².